The normalized spacial score (nSPS) is 15.0. The Morgan fingerprint density at radius 2 is 2.07 bits per heavy atom. The minimum atomic E-state index is 0.0680. The maximum Gasteiger partial charge on any atom is 0.223 e. The van der Waals surface area contributed by atoms with E-state index in [1.165, 1.54) is 10.3 Å². The van der Waals surface area contributed by atoms with Gasteiger partial charge in [0, 0.05) is 25.6 Å². The Morgan fingerprint density at radius 1 is 1.25 bits per heavy atom. The first-order valence-electron chi connectivity index (χ1n) is 9.65. The zero-order valence-electron chi connectivity index (χ0n) is 16.3. The first kappa shape index (κ1) is 18.7. The van der Waals surface area contributed by atoms with E-state index in [0.29, 0.717) is 6.54 Å². The van der Waals surface area contributed by atoms with Crippen molar-refractivity contribution in [2.24, 2.45) is 5.92 Å². The summed E-state index contributed by atoms with van der Waals surface area (Å²) < 4.78 is 6.47. The first-order valence-corrected chi connectivity index (χ1v) is 10.5. The molecule has 4 rings (SSSR count). The zero-order chi connectivity index (χ0) is 19.5. The van der Waals surface area contributed by atoms with Crippen molar-refractivity contribution in [1.29, 1.82) is 0 Å². The summed E-state index contributed by atoms with van der Waals surface area (Å²) in [5.41, 5.74) is 3.37. The van der Waals surface area contributed by atoms with Gasteiger partial charge in [-0.2, -0.15) is 0 Å². The quantitative estimate of drug-likeness (QED) is 0.705. The Kier molecular flexibility index (Phi) is 5.48. The molecule has 1 amide bonds. The van der Waals surface area contributed by atoms with Crippen LogP contribution in [0.1, 0.15) is 24.0 Å². The number of thiazole rings is 1. The highest BCUT2D eigenvalue weighted by atomic mass is 32.1. The van der Waals surface area contributed by atoms with Gasteiger partial charge in [0.2, 0.25) is 5.91 Å². The van der Waals surface area contributed by atoms with Crippen molar-refractivity contribution in [3.05, 3.63) is 53.6 Å². The number of nitrogens with zero attached hydrogens (tertiary/aromatic N) is 2. The Bertz CT molecular complexity index is 977. The number of carbonyl (C=O) groups is 1. The van der Waals surface area contributed by atoms with E-state index in [4.69, 9.17) is 9.72 Å². The third-order valence-corrected chi connectivity index (χ3v) is 6.35. The van der Waals surface area contributed by atoms with E-state index in [9.17, 15) is 4.79 Å². The van der Waals surface area contributed by atoms with Crippen molar-refractivity contribution >= 4 is 32.6 Å². The van der Waals surface area contributed by atoms with Gasteiger partial charge in [0.25, 0.3) is 0 Å². The number of methoxy groups -OCH3 is 1. The SMILES string of the molecule is COc1cccc(CNC(=O)C2CCN(c3nc4ccc(C)cc4s3)CC2)c1. The van der Waals surface area contributed by atoms with Crippen molar-refractivity contribution in [3.8, 4) is 5.75 Å². The van der Waals surface area contributed by atoms with Crippen LogP contribution in [0.3, 0.4) is 0 Å². The van der Waals surface area contributed by atoms with Crippen LogP contribution in [0.25, 0.3) is 10.2 Å². The van der Waals surface area contributed by atoms with E-state index in [-0.39, 0.29) is 11.8 Å². The van der Waals surface area contributed by atoms with Crippen molar-refractivity contribution in [1.82, 2.24) is 10.3 Å². The van der Waals surface area contributed by atoms with Crippen LogP contribution in [-0.2, 0) is 11.3 Å². The van der Waals surface area contributed by atoms with Crippen molar-refractivity contribution in [2.45, 2.75) is 26.3 Å². The average Bonchev–Trinajstić information content (AvgIpc) is 3.15. The van der Waals surface area contributed by atoms with Crippen molar-refractivity contribution in [2.75, 3.05) is 25.1 Å². The number of amides is 1. The first-order chi connectivity index (χ1) is 13.6. The van der Waals surface area contributed by atoms with Gasteiger partial charge in [-0.15, -0.1) is 0 Å². The molecule has 6 heteroatoms. The molecule has 1 aliphatic rings. The number of fused-ring (bicyclic) bond motifs is 1. The molecule has 2 heterocycles. The summed E-state index contributed by atoms with van der Waals surface area (Å²) in [6.07, 6.45) is 1.72. The highest BCUT2D eigenvalue weighted by Crippen LogP contribution is 2.32. The number of rotatable bonds is 5. The fourth-order valence-electron chi connectivity index (χ4n) is 3.60. The van der Waals surface area contributed by atoms with E-state index in [0.717, 1.165) is 47.9 Å². The van der Waals surface area contributed by atoms with Crippen LogP contribution < -0.4 is 15.0 Å². The van der Waals surface area contributed by atoms with Crippen LogP contribution in [0.5, 0.6) is 5.75 Å². The van der Waals surface area contributed by atoms with Crippen molar-refractivity contribution < 1.29 is 9.53 Å². The molecule has 146 valence electrons. The highest BCUT2D eigenvalue weighted by Gasteiger charge is 2.26. The maximum absolute atomic E-state index is 12.6. The second-order valence-electron chi connectivity index (χ2n) is 7.30. The summed E-state index contributed by atoms with van der Waals surface area (Å²) in [5, 5.41) is 4.14. The summed E-state index contributed by atoms with van der Waals surface area (Å²) in [5.74, 6) is 1.02. The van der Waals surface area contributed by atoms with Gasteiger partial charge in [0.1, 0.15) is 5.75 Å². The second kappa shape index (κ2) is 8.19. The number of aromatic nitrogens is 1. The molecule has 0 aliphatic carbocycles. The molecule has 1 saturated heterocycles. The standard InChI is InChI=1S/C22H25N3O2S/c1-15-6-7-19-20(12-15)28-22(24-19)25-10-8-17(9-11-25)21(26)23-14-16-4-3-5-18(13-16)27-2/h3-7,12-13,17H,8-11,14H2,1-2H3,(H,23,26). The largest absolute Gasteiger partial charge is 0.497 e. The predicted octanol–water partition coefficient (Wildman–Crippen LogP) is 4.15. The van der Waals surface area contributed by atoms with Crippen LogP contribution in [0.4, 0.5) is 5.13 Å². The highest BCUT2D eigenvalue weighted by molar-refractivity contribution is 7.22. The number of hydrogen-bond donors (Lipinski definition) is 1. The Balaban J connectivity index is 1.32. The van der Waals surface area contributed by atoms with Gasteiger partial charge in [0.15, 0.2) is 5.13 Å². The van der Waals surface area contributed by atoms with Gasteiger partial charge in [0.05, 0.1) is 17.3 Å². The molecule has 3 aromatic rings. The number of aryl methyl sites for hydroxylation is 1. The van der Waals surface area contributed by atoms with E-state index in [2.05, 4.69) is 35.3 Å². The molecule has 28 heavy (non-hydrogen) atoms. The molecule has 1 fully saturated rings. The lowest BCUT2D eigenvalue weighted by Crippen LogP contribution is -2.40. The summed E-state index contributed by atoms with van der Waals surface area (Å²) in [7, 11) is 1.65. The monoisotopic (exact) mass is 395 g/mol. The summed E-state index contributed by atoms with van der Waals surface area (Å²) in [6, 6.07) is 14.2. The zero-order valence-corrected chi connectivity index (χ0v) is 17.1. The third-order valence-electron chi connectivity index (χ3n) is 5.27. The lowest BCUT2D eigenvalue weighted by Gasteiger charge is -2.31. The van der Waals surface area contributed by atoms with Gasteiger partial charge in [-0.25, -0.2) is 4.98 Å². The van der Waals surface area contributed by atoms with Gasteiger partial charge in [-0.05, 0) is 55.2 Å². The van der Waals surface area contributed by atoms with Crippen LogP contribution in [-0.4, -0.2) is 31.1 Å². The van der Waals surface area contributed by atoms with Crippen LogP contribution >= 0.6 is 11.3 Å². The molecule has 1 aromatic heterocycles. The van der Waals surface area contributed by atoms with Gasteiger partial charge >= 0.3 is 0 Å². The molecule has 0 saturated carbocycles. The molecule has 0 radical (unpaired) electrons. The molecule has 1 N–H and O–H groups in total. The maximum atomic E-state index is 12.6. The minimum absolute atomic E-state index is 0.0680. The third kappa shape index (κ3) is 4.12. The number of hydrogen-bond acceptors (Lipinski definition) is 5. The molecule has 5 nitrogen and oxygen atoms in total. The summed E-state index contributed by atoms with van der Waals surface area (Å²) in [6.45, 7) is 4.38. The molecule has 0 spiro atoms. The Labute approximate surface area is 169 Å². The number of nitrogens with one attached hydrogen (secondary N) is 1. The van der Waals surface area contributed by atoms with Gasteiger partial charge in [-0.3, -0.25) is 4.79 Å². The topological polar surface area (TPSA) is 54.5 Å². The molecule has 1 aliphatic heterocycles. The number of anilines is 1. The molecule has 2 aromatic carbocycles. The number of benzene rings is 2. The molecule has 0 bridgehead atoms. The van der Waals surface area contributed by atoms with E-state index in [1.807, 2.05) is 24.3 Å². The van der Waals surface area contributed by atoms with Crippen LogP contribution in [0.15, 0.2) is 42.5 Å². The molecule has 0 unspecified atom stereocenters. The minimum Gasteiger partial charge on any atom is -0.497 e. The average molecular weight is 396 g/mol. The smallest absolute Gasteiger partial charge is 0.223 e. The molecular weight excluding hydrogens is 370 g/mol. The fourth-order valence-corrected chi connectivity index (χ4v) is 4.72. The summed E-state index contributed by atoms with van der Waals surface area (Å²) >= 11 is 1.74. The number of carbonyl (C=O) groups excluding carboxylic acids is 1. The second-order valence-corrected chi connectivity index (χ2v) is 8.31. The van der Waals surface area contributed by atoms with E-state index in [1.54, 1.807) is 18.4 Å². The number of piperidine rings is 1. The summed E-state index contributed by atoms with van der Waals surface area (Å²) in [4.78, 5) is 19.7. The van der Waals surface area contributed by atoms with E-state index >= 15 is 0 Å². The lowest BCUT2D eigenvalue weighted by molar-refractivity contribution is -0.125. The van der Waals surface area contributed by atoms with Gasteiger partial charge in [-0.1, -0.05) is 29.5 Å². The Hall–Kier alpha value is -2.60. The molecule has 0 atom stereocenters. The Morgan fingerprint density at radius 3 is 2.86 bits per heavy atom. The van der Waals surface area contributed by atoms with Crippen LogP contribution in [0.2, 0.25) is 0 Å². The van der Waals surface area contributed by atoms with Gasteiger partial charge < -0.3 is 15.0 Å². The fraction of sp³-hybridized carbons (Fsp3) is 0.364. The van der Waals surface area contributed by atoms with Crippen molar-refractivity contribution in [3.63, 3.8) is 0 Å². The number of ether oxygens (including phenoxy) is 1. The predicted molar refractivity (Wildman–Crippen MR) is 114 cm³/mol. The van der Waals surface area contributed by atoms with E-state index < -0.39 is 0 Å². The van der Waals surface area contributed by atoms with Crippen LogP contribution in [0, 0.1) is 12.8 Å². The molecular formula is C22H25N3O2S. The lowest BCUT2D eigenvalue weighted by atomic mass is 9.96.